The van der Waals surface area contributed by atoms with E-state index < -0.39 is 35.1 Å². The average Bonchev–Trinajstić information content (AvgIpc) is 2.52. The van der Waals surface area contributed by atoms with Gasteiger partial charge in [-0.3, -0.25) is 9.59 Å². The first-order chi connectivity index (χ1) is 10.4. The van der Waals surface area contributed by atoms with Crippen LogP contribution < -0.4 is 5.32 Å². The molecule has 0 fully saturated rings. The van der Waals surface area contributed by atoms with E-state index in [1.165, 1.54) is 6.07 Å². The van der Waals surface area contributed by atoms with Crippen LogP contribution in [-0.2, 0) is 14.3 Å². The molecule has 0 unspecified atom stereocenters. The Balaban J connectivity index is 2.84. The monoisotopic (exact) mass is 313 g/mol. The van der Waals surface area contributed by atoms with Crippen LogP contribution in [0.2, 0.25) is 0 Å². The second-order valence-corrected chi connectivity index (χ2v) is 4.58. The Bertz CT molecular complexity index is 575. The lowest BCUT2D eigenvalue weighted by atomic mass is 10.1. The van der Waals surface area contributed by atoms with E-state index in [0.717, 1.165) is 19.2 Å². The predicted octanol–water partition coefficient (Wildman–Crippen LogP) is 2.00. The highest BCUT2D eigenvalue weighted by Crippen LogP contribution is 2.12. The number of amides is 1. The molecule has 22 heavy (non-hydrogen) atoms. The number of Topliss-reactive ketones (excluding diaryl/α,β-unsaturated/α-hetero) is 1. The van der Waals surface area contributed by atoms with E-state index in [1.807, 2.05) is 0 Å². The molecule has 1 amide bonds. The third-order valence-corrected chi connectivity index (χ3v) is 3.09. The molecule has 1 rings (SSSR count). The number of rotatable bonds is 7. The first kappa shape index (κ1) is 17.7. The maximum absolute atomic E-state index is 13.5. The lowest BCUT2D eigenvalue weighted by Gasteiger charge is -2.16. The number of hydrogen-bond acceptors (Lipinski definition) is 4. The summed E-state index contributed by atoms with van der Waals surface area (Å²) in [4.78, 5) is 34.9. The van der Waals surface area contributed by atoms with Crippen molar-refractivity contribution in [1.82, 2.24) is 5.32 Å². The zero-order chi connectivity index (χ0) is 16.7. The SMILES string of the molecule is CCC(=O)CC[C@H](NC(=O)c1cccc(F)c1F)C(=O)OC. The fourth-order valence-corrected chi connectivity index (χ4v) is 1.79. The largest absolute Gasteiger partial charge is 0.467 e. The van der Waals surface area contributed by atoms with Crippen molar-refractivity contribution in [2.75, 3.05) is 7.11 Å². The number of methoxy groups -OCH3 is 1. The molecule has 0 bridgehead atoms. The van der Waals surface area contributed by atoms with Gasteiger partial charge in [0.1, 0.15) is 11.8 Å². The first-order valence-corrected chi connectivity index (χ1v) is 6.75. The summed E-state index contributed by atoms with van der Waals surface area (Å²) in [6.07, 6.45) is 0.407. The highest BCUT2D eigenvalue weighted by atomic mass is 19.2. The molecule has 120 valence electrons. The summed E-state index contributed by atoms with van der Waals surface area (Å²) in [7, 11) is 1.13. The molecule has 0 heterocycles. The van der Waals surface area contributed by atoms with Crippen molar-refractivity contribution in [2.45, 2.75) is 32.2 Å². The van der Waals surface area contributed by atoms with Crippen molar-refractivity contribution in [1.29, 1.82) is 0 Å². The Morgan fingerprint density at radius 2 is 1.95 bits per heavy atom. The van der Waals surface area contributed by atoms with E-state index in [0.29, 0.717) is 6.42 Å². The van der Waals surface area contributed by atoms with Gasteiger partial charge in [-0.15, -0.1) is 0 Å². The molecular formula is C15H17F2NO4. The fraction of sp³-hybridized carbons (Fsp3) is 0.400. The molecule has 0 spiro atoms. The van der Waals surface area contributed by atoms with Crippen LogP contribution in [0.25, 0.3) is 0 Å². The van der Waals surface area contributed by atoms with Gasteiger partial charge in [0.25, 0.3) is 5.91 Å². The third-order valence-electron chi connectivity index (χ3n) is 3.09. The summed E-state index contributed by atoms with van der Waals surface area (Å²) in [6.45, 7) is 1.68. The lowest BCUT2D eigenvalue weighted by Crippen LogP contribution is -2.42. The number of carbonyl (C=O) groups excluding carboxylic acids is 3. The molecular weight excluding hydrogens is 296 g/mol. The normalized spacial score (nSPS) is 11.6. The van der Waals surface area contributed by atoms with Gasteiger partial charge in [-0.2, -0.15) is 0 Å². The average molecular weight is 313 g/mol. The van der Waals surface area contributed by atoms with Gasteiger partial charge in [-0.25, -0.2) is 13.6 Å². The summed E-state index contributed by atoms with van der Waals surface area (Å²) in [6, 6.07) is 2.06. The Morgan fingerprint density at radius 1 is 1.27 bits per heavy atom. The molecule has 0 saturated heterocycles. The van der Waals surface area contributed by atoms with Crippen molar-refractivity contribution in [3.63, 3.8) is 0 Å². The van der Waals surface area contributed by atoms with Crippen molar-refractivity contribution < 1.29 is 27.9 Å². The minimum Gasteiger partial charge on any atom is -0.467 e. The molecule has 1 aromatic rings. The molecule has 0 aliphatic heterocycles. The third kappa shape index (κ3) is 4.61. The molecule has 0 aromatic heterocycles. The van der Waals surface area contributed by atoms with Gasteiger partial charge in [0, 0.05) is 12.8 Å². The highest BCUT2D eigenvalue weighted by Gasteiger charge is 2.24. The number of carbonyl (C=O) groups is 3. The second kappa shape index (κ2) is 8.21. The van der Waals surface area contributed by atoms with E-state index in [-0.39, 0.29) is 18.6 Å². The van der Waals surface area contributed by atoms with Crippen LogP contribution in [0.1, 0.15) is 36.5 Å². The highest BCUT2D eigenvalue weighted by molar-refractivity contribution is 5.97. The summed E-state index contributed by atoms with van der Waals surface area (Å²) in [5.74, 6) is -4.25. The van der Waals surface area contributed by atoms with Crippen molar-refractivity contribution in [3.8, 4) is 0 Å². The smallest absolute Gasteiger partial charge is 0.328 e. The van der Waals surface area contributed by atoms with Gasteiger partial charge in [0.15, 0.2) is 11.6 Å². The van der Waals surface area contributed by atoms with Gasteiger partial charge in [0.05, 0.1) is 12.7 Å². The fourth-order valence-electron chi connectivity index (χ4n) is 1.79. The van der Waals surface area contributed by atoms with Gasteiger partial charge >= 0.3 is 5.97 Å². The van der Waals surface area contributed by atoms with E-state index in [4.69, 9.17) is 0 Å². The van der Waals surface area contributed by atoms with E-state index in [9.17, 15) is 23.2 Å². The lowest BCUT2D eigenvalue weighted by molar-refractivity contribution is -0.143. The summed E-state index contributed by atoms with van der Waals surface area (Å²) < 4.78 is 31.2. The number of nitrogens with one attached hydrogen (secondary N) is 1. The summed E-state index contributed by atoms with van der Waals surface area (Å²) >= 11 is 0. The Hall–Kier alpha value is -2.31. The first-order valence-electron chi connectivity index (χ1n) is 6.75. The number of benzene rings is 1. The van der Waals surface area contributed by atoms with E-state index in [1.54, 1.807) is 6.92 Å². The van der Waals surface area contributed by atoms with Crippen LogP contribution in [0, 0.1) is 11.6 Å². The van der Waals surface area contributed by atoms with Crippen LogP contribution in [0.3, 0.4) is 0 Å². The zero-order valence-electron chi connectivity index (χ0n) is 12.3. The topological polar surface area (TPSA) is 72.5 Å². The summed E-state index contributed by atoms with van der Waals surface area (Å²) in [5.41, 5.74) is -0.518. The van der Waals surface area contributed by atoms with Crippen LogP contribution >= 0.6 is 0 Å². The quantitative estimate of drug-likeness (QED) is 0.781. The number of ketones is 1. The minimum absolute atomic E-state index is 0.0298. The van der Waals surface area contributed by atoms with E-state index in [2.05, 4.69) is 10.1 Å². The van der Waals surface area contributed by atoms with Gasteiger partial charge in [-0.05, 0) is 18.6 Å². The molecule has 1 aromatic carbocycles. The van der Waals surface area contributed by atoms with Crippen LogP contribution in [-0.4, -0.2) is 30.8 Å². The van der Waals surface area contributed by atoms with Crippen LogP contribution in [0.4, 0.5) is 8.78 Å². The standard InChI is InChI=1S/C15H17F2NO4/c1-3-9(19)7-8-12(15(21)22-2)18-14(20)10-5-4-6-11(16)13(10)17/h4-6,12H,3,7-8H2,1-2H3,(H,18,20)/t12-/m0/s1. The second-order valence-electron chi connectivity index (χ2n) is 4.58. The molecule has 7 heteroatoms. The number of esters is 1. The maximum atomic E-state index is 13.5. The van der Waals surface area contributed by atoms with Gasteiger partial charge < -0.3 is 10.1 Å². The predicted molar refractivity (Wildman–Crippen MR) is 74.2 cm³/mol. The van der Waals surface area contributed by atoms with Crippen molar-refractivity contribution in [3.05, 3.63) is 35.4 Å². The van der Waals surface area contributed by atoms with Gasteiger partial charge in [0.2, 0.25) is 0 Å². The molecule has 1 atom stereocenters. The number of hydrogen-bond donors (Lipinski definition) is 1. The molecule has 5 nitrogen and oxygen atoms in total. The van der Waals surface area contributed by atoms with Crippen LogP contribution in [0.15, 0.2) is 18.2 Å². The summed E-state index contributed by atoms with van der Waals surface area (Å²) in [5, 5.41) is 2.26. The number of ether oxygens (including phenoxy) is 1. The molecule has 0 radical (unpaired) electrons. The zero-order valence-corrected chi connectivity index (χ0v) is 12.3. The molecule has 0 aliphatic rings. The molecule has 0 saturated carbocycles. The maximum Gasteiger partial charge on any atom is 0.328 e. The van der Waals surface area contributed by atoms with Crippen molar-refractivity contribution >= 4 is 17.7 Å². The minimum atomic E-state index is -1.30. The van der Waals surface area contributed by atoms with Crippen molar-refractivity contribution in [2.24, 2.45) is 0 Å². The molecule has 0 aliphatic carbocycles. The number of halogens is 2. The van der Waals surface area contributed by atoms with E-state index >= 15 is 0 Å². The Kier molecular flexibility index (Phi) is 6.62. The molecule has 1 N–H and O–H groups in total. The van der Waals surface area contributed by atoms with Gasteiger partial charge in [-0.1, -0.05) is 13.0 Å². The van der Waals surface area contributed by atoms with Crippen LogP contribution in [0.5, 0.6) is 0 Å². The Morgan fingerprint density at radius 3 is 2.55 bits per heavy atom. The Labute approximate surface area is 126 Å².